The molecule has 1 heterocycles. The Hall–Kier alpha value is -2.50. The number of nitrogens with zero attached hydrogens (tertiary/aromatic N) is 2. The van der Waals surface area contributed by atoms with Crippen molar-refractivity contribution in [2.45, 2.75) is 0 Å². The number of anilines is 2. The van der Waals surface area contributed by atoms with E-state index in [1.807, 2.05) is 37.4 Å². The van der Waals surface area contributed by atoms with Gasteiger partial charge in [-0.25, -0.2) is 4.79 Å². The van der Waals surface area contributed by atoms with Gasteiger partial charge >= 0.3 is 6.03 Å². The largest absolute Gasteiger partial charge is 0.324 e. The maximum absolute atomic E-state index is 12.1. The highest BCUT2D eigenvalue weighted by atomic mass is 35.5. The Labute approximate surface area is 149 Å². The second kappa shape index (κ2) is 6.95. The Morgan fingerprint density at radius 2 is 1.79 bits per heavy atom. The van der Waals surface area contributed by atoms with Gasteiger partial charge in [-0.3, -0.25) is 10.00 Å². The van der Waals surface area contributed by atoms with Crippen LogP contribution in [-0.2, 0) is 7.05 Å². The molecule has 0 aliphatic heterocycles. The van der Waals surface area contributed by atoms with Crippen molar-refractivity contribution in [2.24, 2.45) is 7.05 Å². The smallest absolute Gasteiger partial charge is 0.306 e. The van der Waals surface area contributed by atoms with Gasteiger partial charge in [0.2, 0.25) is 0 Å². The van der Waals surface area contributed by atoms with E-state index in [9.17, 15) is 4.79 Å². The number of nitrogens with one attached hydrogen (secondary N) is 2. The molecule has 0 fully saturated rings. The number of urea groups is 1. The maximum atomic E-state index is 12.1. The molecule has 0 aliphatic rings. The number of hydrogen-bond donors (Lipinski definition) is 2. The summed E-state index contributed by atoms with van der Waals surface area (Å²) in [5.41, 5.74) is 2.34. The lowest BCUT2D eigenvalue weighted by Gasteiger charge is -2.08. The van der Waals surface area contributed by atoms with E-state index in [-0.39, 0.29) is 0 Å². The summed E-state index contributed by atoms with van der Waals surface area (Å²) in [6.45, 7) is 0. The molecule has 5 nitrogen and oxygen atoms in total. The quantitative estimate of drug-likeness (QED) is 0.687. The summed E-state index contributed by atoms with van der Waals surface area (Å²) in [6.07, 6.45) is 0. The number of rotatable bonds is 3. The highest BCUT2D eigenvalue weighted by Crippen LogP contribution is 2.29. The van der Waals surface area contributed by atoms with Gasteiger partial charge in [-0.2, -0.15) is 5.10 Å². The number of aromatic nitrogens is 2. The third-order valence-corrected chi connectivity index (χ3v) is 4.21. The summed E-state index contributed by atoms with van der Waals surface area (Å²) in [5, 5.41) is 10.3. The molecule has 0 atom stereocenters. The van der Waals surface area contributed by atoms with E-state index in [0.717, 1.165) is 11.3 Å². The lowest BCUT2D eigenvalue weighted by molar-refractivity contribution is 0.262. The molecule has 122 valence electrons. The van der Waals surface area contributed by atoms with Crippen LogP contribution in [0.4, 0.5) is 16.3 Å². The fraction of sp³-hybridized carbons (Fsp3) is 0.0588. The molecule has 0 radical (unpaired) electrons. The molecule has 0 unspecified atom stereocenters. The zero-order chi connectivity index (χ0) is 17.1. The minimum absolute atomic E-state index is 0.292. The normalized spacial score (nSPS) is 10.5. The van der Waals surface area contributed by atoms with Gasteiger partial charge in [0.25, 0.3) is 0 Å². The topological polar surface area (TPSA) is 59.0 Å². The summed E-state index contributed by atoms with van der Waals surface area (Å²) >= 11 is 12.0. The summed E-state index contributed by atoms with van der Waals surface area (Å²) in [4.78, 5) is 12.1. The third kappa shape index (κ3) is 3.53. The molecule has 2 N–H and O–H groups in total. The highest BCUT2D eigenvalue weighted by Gasteiger charge is 2.12. The number of carbonyl (C=O) groups excluding carboxylic acids is 1. The molecule has 0 saturated heterocycles. The van der Waals surface area contributed by atoms with Crippen LogP contribution in [0.25, 0.3) is 11.3 Å². The molecule has 24 heavy (non-hydrogen) atoms. The molecular formula is C17H14Cl2N4O. The Kier molecular flexibility index (Phi) is 4.74. The molecule has 0 spiro atoms. The van der Waals surface area contributed by atoms with Crippen molar-refractivity contribution in [2.75, 3.05) is 10.6 Å². The fourth-order valence-corrected chi connectivity index (χ4v) is 2.63. The number of benzene rings is 2. The van der Waals surface area contributed by atoms with Crippen molar-refractivity contribution in [3.8, 4) is 11.3 Å². The Morgan fingerprint density at radius 1 is 1.04 bits per heavy atom. The van der Waals surface area contributed by atoms with Crippen LogP contribution in [0, 0.1) is 0 Å². The predicted octanol–water partition coefficient (Wildman–Crippen LogP) is 5.04. The molecule has 0 saturated carbocycles. The van der Waals surface area contributed by atoms with Gasteiger partial charge in [-0.05, 0) is 17.7 Å². The van der Waals surface area contributed by atoms with E-state index in [0.29, 0.717) is 21.6 Å². The minimum Gasteiger partial charge on any atom is -0.306 e. The number of aryl methyl sites for hydroxylation is 1. The van der Waals surface area contributed by atoms with Gasteiger partial charge < -0.3 is 5.32 Å². The summed E-state index contributed by atoms with van der Waals surface area (Å²) in [7, 11) is 1.82. The Balaban J connectivity index is 1.75. The summed E-state index contributed by atoms with van der Waals surface area (Å²) in [6, 6.07) is 16.2. The van der Waals surface area contributed by atoms with Gasteiger partial charge in [-0.15, -0.1) is 0 Å². The molecule has 3 aromatic rings. The van der Waals surface area contributed by atoms with Crippen molar-refractivity contribution in [1.29, 1.82) is 0 Å². The second-order valence-corrected chi connectivity index (χ2v) is 5.87. The number of halogens is 2. The zero-order valence-electron chi connectivity index (χ0n) is 12.8. The van der Waals surface area contributed by atoms with Crippen LogP contribution in [-0.4, -0.2) is 15.8 Å². The fourth-order valence-electron chi connectivity index (χ4n) is 2.28. The Morgan fingerprint density at radius 3 is 2.54 bits per heavy atom. The molecular weight excluding hydrogens is 347 g/mol. The van der Waals surface area contributed by atoms with Crippen molar-refractivity contribution in [1.82, 2.24) is 9.78 Å². The third-order valence-electron chi connectivity index (χ3n) is 3.39. The van der Waals surface area contributed by atoms with Crippen LogP contribution < -0.4 is 10.6 Å². The van der Waals surface area contributed by atoms with Crippen molar-refractivity contribution >= 4 is 40.7 Å². The lowest BCUT2D eigenvalue weighted by atomic mass is 10.1. The summed E-state index contributed by atoms with van der Waals surface area (Å²) in [5.74, 6) is 0.437. The van der Waals surface area contributed by atoms with Crippen molar-refractivity contribution in [3.63, 3.8) is 0 Å². The van der Waals surface area contributed by atoms with E-state index >= 15 is 0 Å². The van der Waals surface area contributed by atoms with Crippen molar-refractivity contribution < 1.29 is 4.79 Å². The maximum Gasteiger partial charge on any atom is 0.324 e. The van der Waals surface area contributed by atoms with E-state index in [4.69, 9.17) is 23.2 Å². The molecule has 0 bridgehead atoms. The van der Waals surface area contributed by atoms with Gasteiger partial charge in [0.1, 0.15) is 0 Å². The van der Waals surface area contributed by atoms with Crippen LogP contribution in [0.5, 0.6) is 0 Å². The van der Waals surface area contributed by atoms with Crippen LogP contribution in [0.15, 0.2) is 54.6 Å². The average Bonchev–Trinajstić information content (AvgIpc) is 2.93. The first-order valence-corrected chi connectivity index (χ1v) is 7.91. The lowest BCUT2D eigenvalue weighted by Crippen LogP contribution is -2.20. The first kappa shape index (κ1) is 16.4. The first-order chi connectivity index (χ1) is 11.5. The van der Waals surface area contributed by atoms with Crippen molar-refractivity contribution in [3.05, 3.63) is 64.6 Å². The van der Waals surface area contributed by atoms with Crippen LogP contribution in [0.1, 0.15) is 0 Å². The number of hydrogen-bond acceptors (Lipinski definition) is 2. The van der Waals surface area contributed by atoms with Gasteiger partial charge in [-0.1, -0.05) is 59.6 Å². The first-order valence-electron chi connectivity index (χ1n) is 7.16. The van der Waals surface area contributed by atoms with Crippen LogP contribution >= 0.6 is 23.2 Å². The monoisotopic (exact) mass is 360 g/mol. The van der Waals surface area contributed by atoms with Gasteiger partial charge in [0, 0.05) is 13.1 Å². The SMILES string of the molecule is Cn1nc(NC(=O)Nc2cccc(Cl)c2Cl)cc1-c1ccccc1. The van der Waals surface area contributed by atoms with E-state index in [1.165, 1.54) is 0 Å². The molecule has 3 rings (SSSR count). The zero-order valence-corrected chi connectivity index (χ0v) is 14.3. The number of carbonyl (C=O) groups is 1. The molecule has 2 amide bonds. The molecule has 0 aliphatic carbocycles. The molecule has 7 heteroatoms. The van der Waals surface area contributed by atoms with Gasteiger partial charge in [0.05, 0.1) is 21.4 Å². The van der Waals surface area contributed by atoms with Crippen LogP contribution in [0.3, 0.4) is 0 Å². The van der Waals surface area contributed by atoms with E-state index in [1.54, 1.807) is 28.9 Å². The van der Waals surface area contributed by atoms with Crippen LogP contribution in [0.2, 0.25) is 10.0 Å². The predicted molar refractivity (Wildman–Crippen MR) is 97.7 cm³/mol. The molecule has 2 aromatic carbocycles. The second-order valence-electron chi connectivity index (χ2n) is 5.08. The van der Waals surface area contributed by atoms with Gasteiger partial charge in [0.15, 0.2) is 5.82 Å². The minimum atomic E-state index is -0.447. The van der Waals surface area contributed by atoms with E-state index < -0.39 is 6.03 Å². The highest BCUT2D eigenvalue weighted by molar-refractivity contribution is 6.44. The van der Waals surface area contributed by atoms with E-state index in [2.05, 4.69) is 15.7 Å². The molecule has 1 aromatic heterocycles. The Bertz CT molecular complexity index is 878. The standard InChI is InChI=1S/C17H14Cl2N4O/c1-23-14(11-6-3-2-4-7-11)10-15(22-23)21-17(24)20-13-9-5-8-12(18)16(13)19/h2-10H,1H3,(H2,20,21,22,24). The summed E-state index contributed by atoms with van der Waals surface area (Å²) < 4.78 is 1.71. The average molecular weight is 361 g/mol. The number of amides is 2.